The van der Waals surface area contributed by atoms with E-state index >= 15 is 0 Å². The monoisotopic (exact) mass is 307 g/mol. The third-order valence-corrected chi connectivity index (χ3v) is 6.48. The molecule has 1 aliphatic carbocycles. The summed E-state index contributed by atoms with van der Waals surface area (Å²) in [5.41, 5.74) is 6.61. The SMILES string of the molecule is C=CCC(C)C1CC(CCC(C)CCC)C(N)CC(C)C1C. The van der Waals surface area contributed by atoms with E-state index in [2.05, 4.69) is 47.3 Å². The standard InChI is InChI=1S/C21H41N/c1-7-9-15(3)11-12-19-14-20(16(4)10-8-2)18(6)17(5)13-21(19)22/h8,15-21H,2,7,9-14,22H2,1,3-6H3. The van der Waals surface area contributed by atoms with Crippen molar-refractivity contribution < 1.29 is 0 Å². The number of hydrogen-bond donors (Lipinski definition) is 1. The molecule has 22 heavy (non-hydrogen) atoms. The first kappa shape index (κ1) is 19.7. The van der Waals surface area contributed by atoms with Crippen LogP contribution in [0.15, 0.2) is 12.7 Å². The van der Waals surface area contributed by atoms with Crippen molar-refractivity contribution in [2.45, 2.75) is 85.6 Å². The van der Waals surface area contributed by atoms with Crippen LogP contribution < -0.4 is 5.73 Å². The lowest BCUT2D eigenvalue weighted by Gasteiger charge is -2.32. The van der Waals surface area contributed by atoms with Gasteiger partial charge in [-0.3, -0.25) is 0 Å². The number of allylic oxidation sites excluding steroid dienone is 1. The molecule has 1 saturated carbocycles. The first-order valence-electron chi connectivity index (χ1n) is 9.77. The van der Waals surface area contributed by atoms with Gasteiger partial charge in [0.15, 0.2) is 0 Å². The summed E-state index contributed by atoms with van der Waals surface area (Å²) in [6.07, 6.45) is 11.2. The predicted molar refractivity (Wildman–Crippen MR) is 99.8 cm³/mol. The molecule has 0 radical (unpaired) electrons. The van der Waals surface area contributed by atoms with E-state index in [9.17, 15) is 0 Å². The average molecular weight is 308 g/mol. The summed E-state index contributed by atoms with van der Waals surface area (Å²) >= 11 is 0. The van der Waals surface area contributed by atoms with Gasteiger partial charge in [0.05, 0.1) is 0 Å². The summed E-state index contributed by atoms with van der Waals surface area (Å²) in [4.78, 5) is 0. The highest BCUT2D eigenvalue weighted by atomic mass is 14.7. The van der Waals surface area contributed by atoms with Crippen molar-refractivity contribution in [3.8, 4) is 0 Å². The second kappa shape index (κ2) is 9.75. The van der Waals surface area contributed by atoms with Crippen molar-refractivity contribution in [2.24, 2.45) is 41.2 Å². The Morgan fingerprint density at radius 2 is 1.86 bits per heavy atom. The smallest absolute Gasteiger partial charge is 0.00699 e. The zero-order chi connectivity index (χ0) is 16.7. The van der Waals surface area contributed by atoms with Crippen molar-refractivity contribution in [1.82, 2.24) is 0 Å². The Kier molecular flexibility index (Phi) is 8.75. The lowest BCUT2D eigenvalue weighted by Crippen LogP contribution is -2.31. The van der Waals surface area contributed by atoms with Gasteiger partial charge in [0, 0.05) is 6.04 Å². The molecule has 7 atom stereocenters. The average Bonchev–Trinajstić information content (AvgIpc) is 2.56. The summed E-state index contributed by atoms with van der Waals surface area (Å²) < 4.78 is 0. The van der Waals surface area contributed by atoms with Gasteiger partial charge in [-0.1, -0.05) is 60.0 Å². The van der Waals surface area contributed by atoms with Gasteiger partial charge in [0.1, 0.15) is 0 Å². The van der Waals surface area contributed by atoms with Gasteiger partial charge in [-0.2, -0.15) is 0 Å². The molecule has 2 N–H and O–H groups in total. The highest BCUT2D eigenvalue weighted by Crippen LogP contribution is 2.42. The quantitative estimate of drug-likeness (QED) is 0.429. The molecule has 7 unspecified atom stereocenters. The zero-order valence-corrected chi connectivity index (χ0v) is 15.9. The van der Waals surface area contributed by atoms with Crippen LogP contribution in [0.25, 0.3) is 0 Å². The molecule has 0 spiro atoms. The predicted octanol–water partition coefficient (Wildman–Crippen LogP) is 6.04. The molecule has 1 nitrogen and oxygen atoms in total. The summed E-state index contributed by atoms with van der Waals surface area (Å²) in [6.45, 7) is 16.0. The Bertz CT molecular complexity index is 311. The molecular weight excluding hydrogens is 266 g/mol. The third-order valence-electron chi connectivity index (χ3n) is 6.48. The van der Waals surface area contributed by atoms with E-state index in [-0.39, 0.29) is 0 Å². The largest absolute Gasteiger partial charge is 0.327 e. The van der Waals surface area contributed by atoms with Gasteiger partial charge in [-0.25, -0.2) is 0 Å². The maximum atomic E-state index is 6.61. The van der Waals surface area contributed by atoms with E-state index in [1.807, 2.05) is 0 Å². The Morgan fingerprint density at radius 1 is 1.18 bits per heavy atom. The topological polar surface area (TPSA) is 26.0 Å². The summed E-state index contributed by atoms with van der Waals surface area (Å²) in [6, 6.07) is 0.409. The normalized spacial score (nSPS) is 35.6. The van der Waals surface area contributed by atoms with Crippen LogP contribution in [-0.4, -0.2) is 6.04 Å². The first-order chi connectivity index (χ1) is 10.4. The second-order valence-electron chi connectivity index (χ2n) is 8.37. The maximum absolute atomic E-state index is 6.61. The highest BCUT2D eigenvalue weighted by Gasteiger charge is 2.36. The van der Waals surface area contributed by atoms with E-state index in [1.165, 1.54) is 38.5 Å². The van der Waals surface area contributed by atoms with Crippen LogP contribution in [0.4, 0.5) is 0 Å². The lowest BCUT2D eigenvalue weighted by molar-refractivity contribution is 0.182. The molecule has 1 heteroatoms. The van der Waals surface area contributed by atoms with Gasteiger partial charge in [0.2, 0.25) is 0 Å². The summed E-state index contributed by atoms with van der Waals surface area (Å²) in [5, 5.41) is 0. The van der Waals surface area contributed by atoms with E-state index in [0.29, 0.717) is 6.04 Å². The number of rotatable bonds is 8. The van der Waals surface area contributed by atoms with E-state index in [0.717, 1.165) is 41.9 Å². The van der Waals surface area contributed by atoms with E-state index in [4.69, 9.17) is 5.73 Å². The fraction of sp³-hybridized carbons (Fsp3) is 0.905. The van der Waals surface area contributed by atoms with Gasteiger partial charge in [-0.05, 0) is 61.2 Å². The van der Waals surface area contributed by atoms with Crippen molar-refractivity contribution in [2.75, 3.05) is 0 Å². The van der Waals surface area contributed by atoms with Crippen molar-refractivity contribution >= 4 is 0 Å². The second-order valence-corrected chi connectivity index (χ2v) is 8.37. The van der Waals surface area contributed by atoms with E-state index < -0.39 is 0 Å². The molecule has 130 valence electrons. The minimum atomic E-state index is 0.409. The van der Waals surface area contributed by atoms with Gasteiger partial charge < -0.3 is 5.73 Å². The zero-order valence-electron chi connectivity index (χ0n) is 15.9. The van der Waals surface area contributed by atoms with Crippen molar-refractivity contribution in [1.29, 1.82) is 0 Å². The fourth-order valence-electron chi connectivity index (χ4n) is 4.65. The number of hydrogen-bond acceptors (Lipinski definition) is 1. The van der Waals surface area contributed by atoms with E-state index in [1.54, 1.807) is 0 Å². The van der Waals surface area contributed by atoms with Gasteiger partial charge >= 0.3 is 0 Å². The summed E-state index contributed by atoms with van der Waals surface area (Å²) in [5.74, 6) is 4.69. The Labute approximate surface area is 140 Å². The van der Waals surface area contributed by atoms with Crippen LogP contribution in [0, 0.1) is 35.5 Å². The fourth-order valence-corrected chi connectivity index (χ4v) is 4.65. The molecule has 0 aromatic carbocycles. The van der Waals surface area contributed by atoms with Crippen LogP contribution in [0.1, 0.15) is 79.6 Å². The number of nitrogens with two attached hydrogens (primary N) is 1. The molecule has 1 fully saturated rings. The maximum Gasteiger partial charge on any atom is 0.00699 e. The minimum absolute atomic E-state index is 0.409. The lowest BCUT2D eigenvalue weighted by atomic mass is 9.73. The van der Waals surface area contributed by atoms with Crippen molar-refractivity contribution in [3.63, 3.8) is 0 Å². The first-order valence-corrected chi connectivity index (χ1v) is 9.77. The Morgan fingerprint density at radius 3 is 2.45 bits per heavy atom. The molecule has 0 amide bonds. The molecule has 0 aromatic rings. The Balaban J connectivity index is 2.72. The molecule has 1 rings (SSSR count). The molecule has 1 aliphatic rings. The van der Waals surface area contributed by atoms with Crippen molar-refractivity contribution in [3.05, 3.63) is 12.7 Å². The van der Waals surface area contributed by atoms with Gasteiger partial charge in [0.25, 0.3) is 0 Å². The summed E-state index contributed by atoms with van der Waals surface area (Å²) in [7, 11) is 0. The molecule has 0 aliphatic heterocycles. The van der Waals surface area contributed by atoms with Crippen LogP contribution in [0.5, 0.6) is 0 Å². The van der Waals surface area contributed by atoms with Crippen LogP contribution in [-0.2, 0) is 0 Å². The Hall–Kier alpha value is -0.300. The highest BCUT2D eigenvalue weighted by molar-refractivity contribution is 4.90. The van der Waals surface area contributed by atoms with Gasteiger partial charge in [-0.15, -0.1) is 6.58 Å². The van der Waals surface area contributed by atoms with Crippen LogP contribution >= 0.6 is 0 Å². The minimum Gasteiger partial charge on any atom is -0.327 e. The molecule has 0 saturated heterocycles. The van der Waals surface area contributed by atoms with Crippen LogP contribution in [0.3, 0.4) is 0 Å². The molecular formula is C21H41N. The third kappa shape index (κ3) is 5.72. The molecule has 0 bridgehead atoms. The molecule has 0 heterocycles. The van der Waals surface area contributed by atoms with Crippen LogP contribution in [0.2, 0.25) is 0 Å². The molecule has 0 aromatic heterocycles.